The van der Waals surface area contributed by atoms with Crippen LogP contribution in [0.2, 0.25) is 0 Å². The van der Waals surface area contributed by atoms with Crippen LogP contribution in [0.25, 0.3) is 0 Å². The molecule has 0 aliphatic rings. The number of methoxy groups -OCH3 is 1. The SMILES string of the molecule is CCCCCN(CCC(=O)OC)C(=O)CCCOc1ccccc1. The number of ether oxygens (including phenoxy) is 2. The van der Waals surface area contributed by atoms with Gasteiger partial charge in [-0.05, 0) is 25.0 Å². The number of para-hydroxylation sites is 1. The number of rotatable bonds is 12. The third kappa shape index (κ3) is 8.56. The van der Waals surface area contributed by atoms with Crippen LogP contribution in [-0.4, -0.2) is 43.6 Å². The van der Waals surface area contributed by atoms with E-state index in [1.807, 2.05) is 30.3 Å². The third-order valence-electron chi connectivity index (χ3n) is 3.74. The second kappa shape index (κ2) is 12.4. The van der Waals surface area contributed by atoms with Crippen LogP contribution in [-0.2, 0) is 14.3 Å². The van der Waals surface area contributed by atoms with Crippen LogP contribution in [0.5, 0.6) is 5.75 Å². The molecule has 1 amide bonds. The second-order valence-corrected chi connectivity index (χ2v) is 5.68. The van der Waals surface area contributed by atoms with Gasteiger partial charge in [-0.3, -0.25) is 9.59 Å². The fourth-order valence-electron chi connectivity index (χ4n) is 2.33. The van der Waals surface area contributed by atoms with E-state index in [-0.39, 0.29) is 18.3 Å². The van der Waals surface area contributed by atoms with Crippen molar-refractivity contribution in [2.24, 2.45) is 0 Å². The molecule has 1 aromatic carbocycles. The number of carbonyl (C=O) groups excluding carboxylic acids is 2. The Kier molecular flexibility index (Phi) is 10.3. The number of carbonyl (C=O) groups is 2. The van der Waals surface area contributed by atoms with E-state index in [0.29, 0.717) is 32.5 Å². The summed E-state index contributed by atoms with van der Waals surface area (Å²) in [6.07, 6.45) is 4.48. The Labute approximate surface area is 144 Å². The highest BCUT2D eigenvalue weighted by atomic mass is 16.5. The zero-order chi connectivity index (χ0) is 17.6. The number of hydrogen-bond donors (Lipinski definition) is 0. The van der Waals surface area contributed by atoms with E-state index in [0.717, 1.165) is 25.0 Å². The topological polar surface area (TPSA) is 55.8 Å². The number of amides is 1. The van der Waals surface area contributed by atoms with Crippen molar-refractivity contribution in [3.8, 4) is 5.75 Å². The molecule has 0 saturated heterocycles. The Morgan fingerprint density at radius 3 is 2.42 bits per heavy atom. The van der Waals surface area contributed by atoms with Gasteiger partial charge in [-0.15, -0.1) is 0 Å². The monoisotopic (exact) mass is 335 g/mol. The average Bonchev–Trinajstić information content (AvgIpc) is 2.62. The molecule has 1 aromatic rings. The van der Waals surface area contributed by atoms with Crippen LogP contribution in [0.4, 0.5) is 0 Å². The van der Waals surface area contributed by atoms with Gasteiger partial charge in [-0.25, -0.2) is 0 Å². The van der Waals surface area contributed by atoms with E-state index in [2.05, 4.69) is 11.7 Å². The summed E-state index contributed by atoms with van der Waals surface area (Å²) in [4.78, 5) is 25.4. The third-order valence-corrected chi connectivity index (χ3v) is 3.74. The molecule has 0 radical (unpaired) electrons. The van der Waals surface area contributed by atoms with Crippen LogP contribution in [0, 0.1) is 0 Å². The van der Waals surface area contributed by atoms with Crippen LogP contribution in [0.15, 0.2) is 30.3 Å². The molecule has 0 saturated carbocycles. The van der Waals surface area contributed by atoms with Crippen LogP contribution in [0.1, 0.15) is 45.4 Å². The molecule has 134 valence electrons. The number of hydrogen-bond acceptors (Lipinski definition) is 4. The fraction of sp³-hybridized carbons (Fsp3) is 0.579. The molecule has 5 nitrogen and oxygen atoms in total. The molecule has 0 heterocycles. The molecular weight excluding hydrogens is 306 g/mol. The first kappa shape index (κ1) is 20.0. The van der Waals surface area contributed by atoms with Gasteiger partial charge in [0.2, 0.25) is 5.91 Å². The molecule has 0 spiro atoms. The standard InChI is InChI=1S/C19H29NO4/c1-3-4-8-14-20(15-13-19(22)23-2)18(21)12-9-16-24-17-10-6-5-7-11-17/h5-7,10-11H,3-4,8-9,12-16H2,1-2H3. The molecule has 0 atom stereocenters. The first-order valence-corrected chi connectivity index (χ1v) is 8.69. The average molecular weight is 335 g/mol. The molecule has 0 N–H and O–H groups in total. The molecule has 24 heavy (non-hydrogen) atoms. The Hall–Kier alpha value is -2.04. The lowest BCUT2D eigenvalue weighted by Gasteiger charge is -2.22. The van der Waals surface area contributed by atoms with Crippen molar-refractivity contribution in [2.75, 3.05) is 26.8 Å². The molecule has 0 aromatic heterocycles. The quantitative estimate of drug-likeness (QED) is 0.434. The van der Waals surface area contributed by atoms with Gasteiger partial charge in [0, 0.05) is 19.5 Å². The molecule has 0 aliphatic heterocycles. The van der Waals surface area contributed by atoms with Crippen LogP contribution < -0.4 is 4.74 Å². The number of benzene rings is 1. The molecule has 5 heteroatoms. The minimum Gasteiger partial charge on any atom is -0.494 e. The second-order valence-electron chi connectivity index (χ2n) is 5.68. The van der Waals surface area contributed by atoms with E-state index in [1.54, 1.807) is 4.90 Å². The normalized spacial score (nSPS) is 10.2. The molecule has 0 bridgehead atoms. The molecule has 0 unspecified atom stereocenters. The maximum absolute atomic E-state index is 12.4. The van der Waals surface area contributed by atoms with Gasteiger partial charge in [-0.2, -0.15) is 0 Å². The van der Waals surface area contributed by atoms with Crippen LogP contribution >= 0.6 is 0 Å². The molecular formula is C19H29NO4. The minimum absolute atomic E-state index is 0.0756. The van der Waals surface area contributed by atoms with Gasteiger partial charge in [0.05, 0.1) is 20.1 Å². The lowest BCUT2D eigenvalue weighted by Crippen LogP contribution is -2.34. The van der Waals surface area contributed by atoms with Gasteiger partial charge in [-0.1, -0.05) is 38.0 Å². The van der Waals surface area contributed by atoms with Gasteiger partial charge < -0.3 is 14.4 Å². The minimum atomic E-state index is -0.282. The predicted molar refractivity (Wildman–Crippen MR) is 93.9 cm³/mol. The van der Waals surface area contributed by atoms with Crippen molar-refractivity contribution in [2.45, 2.75) is 45.4 Å². The predicted octanol–water partition coefficient (Wildman–Crippen LogP) is 3.43. The van der Waals surface area contributed by atoms with E-state index < -0.39 is 0 Å². The Morgan fingerprint density at radius 2 is 1.75 bits per heavy atom. The van der Waals surface area contributed by atoms with E-state index in [4.69, 9.17) is 4.74 Å². The van der Waals surface area contributed by atoms with Gasteiger partial charge in [0.25, 0.3) is 0 Å². The zero-order valence-electron chi connectivity index (χ0n) is 14.8. The molecule has 0 aliphatic carbocycles. The summed E-state index contributed by atoms with van der Waals surface area (Å²) >= 11 is 0. The largest absolute Gasteiger partial charge is 0.494 e. The van der Waals surface area contributed by atoms with Crippen molar-refractivity contribution >= 4 is 11.9 Å². The van der Waals surface area contributed by atoms with E-state index in [1.165, 1.54) is 7.11 Å². The van der Waals surface area contributed by atoms with Gasteiger partial charge in [0.1, 0.15) is 5.75 Å². The summed E-state index contributed by atoms with van der Waals surface area (Å²) in [6.45, 7) is 3.76. The summed E-state index contributed by atoms with van der Waals surface area (Å²) in [7, 11) is 1.37. The molecule has 0 fully saturated rings. The maximum atomic E-state index is 12.4. The summed E-state index contributed by atoms with van der Waals surface area (Å²) in [5.41, 5.74) is 0. The summed E-state index contributed by atoms with van der Waals surface area (Å²) in [5, 5.41) is 0. The van der Waals surface area contributed by atoms with Crippen molar-refractivity contribution < 1.29 is 19.1 Å². The van der Waals surface area contributed by atoms with Crippen LogP contribution in [0.3, 0.4) is 0 Å². The highest BCUT2D eigenvalue weighted by Crippen LogP contribution is 2.10. The maximum Gasteiger partial charge on any atom is 0.307 e. The van der Waals surface area contributed by atoms with Crippen molar-refractivity contribution in [3.63, 3.8) is 0 Å². The fourth-order valence-corrected chi connectivity index (χ4v) is 2.33. The van der Waals surface area contributed by atoms with Gasteiger partial charge in [0.15, 0.2) is 0 Å². The zero-order valence-corrected chi connectivity index (χ0v) is 14.8. The smallest absolute Gasteiger partial charge is 0.307 e. The summed E-state index contributed by atoms with van der Waals surface area (Å²) in [5.74, 6) is 0.609. The Balaban J connectivity index is 2.34. The van der Waals surface area contributed by atoms with Gasteiger partial charge >= 0.3 is 5.97 Å². The van der Waals surface area contributed by atoms with Crippen molar-refractivity contribution in [1.82, 2.24) is 4.90 Å². The summed E-state index contributed by atoms with van der Waals surface area (Å²) < 4.78 is 10.3. The lowest BCUT2D eigenvalue weighted by atomic mass is 10.2. The first-order valence-electron chi connectivity index (χ1n) is 8.69. The van der Waals surface area contributed by atoms with Crippen molar-refractivity contribution in [3.05, 3.63) is 30.3 Å². The number of esters is 1. The Morgan fingerprint density at radius 1 is 1.00 bits per heavy atom. The first-order chi connectivity index (χ1) is 11.7. The lowest BCUT2D eigenvalue weighted by molar-refractivity contribution is -0.141. The number of unbranched alkanes of at least 4 members (excludes halogenated alkanes) is 2. The van der Waals surface area contributed by atoms with E-state index >= 15 is 0 Å². The Bertz CT molecular complexity index is 476. The highest BCUT2D eigenvalue weighted by molar-refractivity contribution is 5.77. The molecule has 1 rings (SSSR count). The summed E-state index contributed by atoms with van der Waals surface area (Å²) in [6, 6.07) is 9.57. The number of nitrogens with zero attached hydrogens (tertiary/aromatic N) is 1. The van der Waals surface area contributed by atoms with E-state index in [9.17, 15) is 9.59 Å². The highest BCUT2D eigenvalue weighted by Gasteiger charge is 2.14. The van der Waals surface area contributed by atoms with Crippen molar-refractivity contribution in [1.29, 1.82) is 0 Å².